The molecule has 2 aliphatic heterocycles. The van der Waals surface area contributed by atoms with E-state index in [1.807, 2.05) is 4.90 Å². The van der Waals surface area contributed by atoms with Gasteiger partial charge in [0.25, 0.3) is 0 Å². The van der Waals surface area contributed by atoms with Crippen LogP contribution in [0.2, 0.25) is 0 Å². The summed E-state index contributed by atoms with van der Waals surface area (Å²) < 4.78 is 18.8. The molecule has 2 atom stereocenters. The number of hydrogen-bond donors (Lipinski definition) is 1. The molecular weight excluding hydrogens is 299 g/mol. The summed E-state index contributed by atoms with van der Waals surface area (Å²) >= 11 is 0. The van der Waals surface area contributed by atoms with Crippen molar-refractivity contribution < 1.29 is 19.0 Å². The fourth-order valence-corrected chi connectivity index (χ4v) is 3.34. The van der Waals surface area contributed by atoms with E-state index in [0.29, 0.717) is 26.2 Å². The Bertz CT molecular complexity index is 537. The highest BCUT2D eigenvalue weighted by Gasteiger charge is 2.30. The topological polar surface area (TPSA) is 53.0 Å². The van der Waals surface area contributed by atoms with Crippen LogP contribution >= 0.6 is 0 Å². The molecule has 6 heteroatoms. The van der Waals surface area contributed by atoms with Gasteiger partial charge in [-0.3, -0.25) is 9.69 Å². The number of rotatable bonds is 4. The number of hydrogen-bond acceptors (Lipinski definition) is 4. The normalized spacial score (nSPS) is 25.7. The molecule has 1 aromatic rings. The molecule has 2 aliphatic rings. The maximum absolute atomic E-state index is 13.0. The molecule has 2 saturated heterocycles. The van der Waals surface area contributed by atoms with Gasteiger partial charge in [0, 0.05) is 12.6 Å². The van der Waals surface area contributed by atoms with Crippen LogP contribution < -0.4 is 0 Å². The fraction of sp³-hybridized carbons (Fsp3) is 0.588. The third-order valence-corrected chi connectivity index (χ3v) is 4.71. The molecule has 0 bridgehead atoms. The van der Waals surface area contributed by atoms with Crippen LogP contribution in [0.3, 0.4) is 0 Å². The summed E-state index contributed by atoms with van der Waals surface area (Å²) in [5.41, 5.74) is 0.887. The molecule has 2 heterocycles. The maximum atomic E-state index is 13.0. The van der Waals surface area contributed by atoms with Crippen LogP contribution in [0, 0.1) is 5.82 Å². The SMILES string of the molecule is O=C(CN1CCC[C@@H]1CO)N1CCOC(c2ccc(F)cc2)C1. The van der Waals surface area contributed by atoms with E-state index in [4.69, 9.17) is 4.74 Å². The van der Waals surface area contributed by atoms with Gasteiger partial charge in [-0.25, -0.2) is 4.39 Å². The second-order valence-corrected chi connectivity index (χ2v) is 6.20. The first-order valence-corrected chi connectivity index (χ1v) is 8.17. The van der Waals surface area contributed by atoms with E-state index in [-0.39, 0.29) is 30.5 Å². The predicted octanol–water partition coefficient (Wildman–Crippen LogP) is 1.18. The second kappa shape index (κ2) is 7.38. The molecule has 5 nitrogen and oxygen atoms in total. The van der Waals surface area contributed by atoms with Gasteiger partial charge in [0.2, 0.25) is 5.91 Å². The largest absolute Gasteiger partial charge is 0.395 e. The van der Waals surface area contributed by atoms with Gasteiger partial charge in [-0.2, -0.15) is 0 Å². The van der Waals surface area contributed by atoms with Crippen LogP contribution in [0.15, 0.2) is 24.3 Å². The number of nitrogens with zero attached hydrogens (tertiary/aromatic N) is 2. The number of carbonyl (C=O) groups excluding carboxylic acids is 1. The lowest BCUT2D eigenvalue weighted by atomic mass is 10.1. The Kier molecular flexibility index (Phi) is 5.25. The smallest absolute Gasteiger partial charge is 0.236 e. The summed E-state index contributed by atoms with van der Waals surface area (Å²) in [7, 11) is 0. The molecule has 0 aromatic heterocycles. The van der Waals surface area contributed by atoms with Crippen LogP contribution in [-0.2, 0) is 9.53 Å². The number of likely N-dealkylation sites (tertiary alicyclic amines) is 1. The zero-order valence-corrected chi connectivity index (χ0v) is 13.2. The standard InChI is InChI=1S/C17H23FN2O3/c18-14-5-3-13(4-6-14)16-10-20(8-9-23-16)17(22)11-19-7-1-2-15(19)12-21/h3-6,15-16,21H,1-2,7-12H2/t15-,16?/m1/s1. The molecule has 0 radical (unpaired) electrons. The molecule has 23 heavy (non-hydrogen) atoms. The first kappa shape index (κ1) is 16.4. The van der Waals surface area contributed by atoms with Crippen molar-refractivity contribution in [2.75, 3.05) is 39.4 Å². The van der Waals surface area contributed by atoms with Crippen molar-refractivity contribution in [2.45, 2.75) is 25.0 Å². The van der Waals surface area contributed by atoms with Crippen LogP contribution in [0.5, 0.6) is 0 Å². The van der Waals surface area contributed by atoms with Crippen molar-refractivity contribution in [1.82, 2.24) is 9.80 Å². The minimum atomic E-state index is -0.276. The predicted molar refractivity (Wildman–Crippen MR) is 83.4 cm³/mol. The number of benzene rings is 1. The summed E-state index contributed by atoms with van der Waals surface area (Å²) in [5, 5.41) is 9.36. The first-order chi connectivity index (χ1) is 11.2. The van der Waals surface area contributed by atoms with E-state index >= 15 is 0 Å². The lowest BCUT2D eigenvalue weighted by molar-refractivity contribution is -0.140. The maximum Gasteiger partial charge on any atom is 0.236 e. The van der Waals surface area contributed by atoms with Crippen molar-refractivity contribution in [2.24, 2.45) is 0 Å². The van der Waals surface area contributed by atoms with Crippen molar-refractivity contribution in [3.63, 3.8) is 0 Å². The highest BCUT2D eigenvalue weighted by Crippen LogP contribution is 2.23. The second-order valence-electron chi connectivity index (χ2n) is 6.20. The monoisotopic (exact) mass is 322 g/mol. The zero-order chi connectivity index (χ0) is 16.2. The molecule has 1 N–H and O–H groups in total. The Morgan fingerprint density at radius 2 is 2.09 bits per heavy atom. The molecule has 126 valence electrons. The van der Waals surface area contributed by atoms with Crippen LogP contribution in [0.25, 0.3) is 0 Å². The van der Waals surface area contributed by atoms with Crippen LogP contribution in [-0.4, -0.2) is 66.2 Å². The van der Waals surface area contributed by atoms with Crippen LogP contribution in [0.4, 0.5) is 4.39 Å². The average molecular weight is 322 g/mol. The Morgan fingerprint density at radius 1 is 1.30 bits per heavy atom. The van der Waals surface area contributed by atoms with E-state index in [9.17, 15) is 14.3 Å². The minimum Gasteiger partial charge on any atom is -0.395 e. The van der Waals surface area contributed by atoms with Crippen molar-refractivity contribution >= 4 is 5.91 Å². The van der Waals surface area contributed by atoms with Gasteiger partial charge in [0.15, 0.2) is 0 Å². The van der Waals surface area contributed by atoms with E-state index in [0.717, 1.165) is 24.9 Å². The van der Waals surface area contributed by atoms with Gasteiger partial charge >= 0.3 is 0 Å². The minimum absolute atomic E-state index is 0.0701. The number of aliphatic hydroxyl groups is 1. The molecular formula is C17H23FN2O3. The summed E-state index contributed by atoms with van der Waals surface area (Å²) in [6, 6.07) is 6.34. The first-order valence-electron chi connectivity index (χ1n) is 8.17. The Hall–Kier alpha value is -1.50. The van der Waals surface area contributed by atoms with Crippen molar-refractivity contribution in [3.8, 4) is 0 Å². The molecule has 2 fully saturated rings. The van der Waals surface area contributed by atoms with Crippen molar-refractivity contribution in [1.29, 1.82) is 0 Å². The molecule has 3 rings (SSSR count). The Balaban J connectivity index is 1.59. The summed E-state index contributed by atoms with van der Waals surface area (Å²) in [5.74, 6) is -0.206. The van der Waals surface area contributed by atoms with Gasteiger partial charge in [-0.1, -0.05) is 12.1 Å². The third-order valence-electron chi connectivity index (χ3n) is 4.71. The quantitative estimate of drug-likeness (QED) is 0.904. The number of carbonyl (C=O) groups is 1. The number of amides is 1. The molecule has 0 spiro atoms. The lowest BCUT2D eigenvalue weighted by Gasteiger charge is -2.34. The van der Waals surface area contributed by atoms with E-state index < -0.39 is 0 Å². The third kappa shape index (κ3) is 3.88. The lowest BCUT2D eigenvalue weighted by Crippen LogP contribution is -2.48. The summed E-state index contributed by atoms with van der Waals surface area (Å²) in [4.78, 5) is 16.4. The number of aliphatic hydroxyl groups excluding tert-OH is 1. The number of halogens is 1. The highest BCUT2D eigenvalue weighted by atomic mass is 19.1. The molecule has 1 amide bonds. The van der Waals surface area contributed by atoms with E-state index in [1.54, 1.807) is 12.1 Å². The summed E-state index contributed by atoms with van der Waals surface area (Å²) in [6.07, 6.45) is 1.77. The van der Waals surface area contributed by atoms with Gasteiger partial charge < -0.3 is 14.7 Å². The van der Waals surface area contributed by atoms with Crippen LogP contribution in [0.1, 0.15) is 24.5 Å². The highest BCUT2D eigenvalue weighted by molar-refractivity contribution is 5.78. The average Bonchev–Trinajstić information content (AvgIpc) is 3.03. The van der Waals surface area contributed by atoms with E-state index in [1.165, 1.54) is 12.1 Å². The molecule has 1 unspecified atom stereocenters. The number of ether oxygens (including phenoxy) is 1. The van der Waals surface area contributed by atoms with Gasteiger partial charge in [0.1, 0.15) is 11.9 Å². The number of morpholine rings is 1. The molecule has 0 saturated carbocycles. The van der Waals surface area contributed by atoms with Crippen molar-refractivity contribution in [3.05, 3.63) is 35.6 Å². The summed E-state index contributed by atoms with van der Waals surface area (Å²) in [6.45, 7) is 2.87. The molecule has 0 aliphatic carbocycles. The van der Waals surface area contributed by atoms with Gasteiger partial charge in [0.05, 0.1) is 26.3 Å². The Morgan fingerprint density at radius 3 is 2.83 bits per heavy atom. The van der Waals surface area contributed by atoms with Gasteiger partial charge in [-0.15, -0.1) is 0 Å². The molecule has 1 aromatic carbocycles. The Labute approximate surface area is 135 Å². The zero-order valence-electron chi connectivity index (χ0n) is 13.2. The van der Waals surface area contributed by atoms with Gasteiger partial charge in [-0.05, 0) is 37.1 Å². The van der Waals surface area contributed by atoms with E-state index in [2.05, 4.69) is 4.90 Å². The fourth-order valence-electron chi connectivity index (χ4n) is 3.34.